The first-order valence-corrected chi connectivity index (χ1v) is 6.50. The van der Waals surface area contributed by atoms with Gasteiger partial charge in [-0.15, -0.1) is 5.10 Å². The Balaban J connectivity index is 2.26. The quantitative estimate of drug-likeness (QED) is 0.812. The number of amides is 1. The van der Waals surface area contributed by atoms with Crippen molar-refractivity contribution in [3.05, 3.63) is 29.3 Å². The second kappa shape index (κ2) is 6.80. The summed E-state index contributed by atoms with van der Waals surface area (Å²) in [5, 5.41) is 5.86. The number of hydrogen-bond donors (Lipinski definition) is 2. The van der Waals surface area contributed by atoms with Gasteiger partial charge in [-0.05, 0) is 18.2 Å². The van der Waals surface area contributed by atoms with E-state index in [4.69, 9.17) is 4.74 Å². The molecule has 0 bridgehead atoms. The summed E-state index contributed by atoms with van der Waals surface area (Å²) in [5.41, 5.74) is 0.753. The summed E-state index contributed by atoms with van der Waals surface area (Å²) in [7, 11) is 0. The SMILES string of the molecule is O=C1COC(c2ccc(NCCC(F)F)c(C(F)(F)F)c2)=NN1. The van der Waals surface area contributed by atoms with Crippen LogP contribution in [0.5, 0.6) is 0 Å². The highest BCUT2D eigenvalue weighted by Gasteiger charge is 2.34. The Bertz CT molecular complexity index is 616. The van der Waals surface area contributed by atoms with Crippen molar-refractivity contribution < 1.29 is 31.5 Å². The van der Waals surface area contributed by atoms with Gasteiger partial charge in [0.2, 0.25) is 12.3 Å². The Morgan fingerprint density at radius 3 is 2.65 bits per heavy atom. The van der Waals surface area contributed by atoms with Crippen molar-refractivity contribution in [1.82, 2.24) is 5.43 Å². The standard InChI is InChI=1S/C13H12F5N3O2/c14-10(15)3-4-19-9-2-1-7(5-8(9)13(16,17)18)12-21-20-11(22)6-23-12/h1-2,5,10,19H,3-4,6H2,(H,20,22). The molecule has 0 fully saturated rings. The highest BCUT2D eigenvalue weighted by Crippen LogP contribution is 2.35. The number of alkyl halides is 5. The number of nitrogens with one attached hydrogen (secondary N) is 2. The van der Waals surface area contributed by atoms with Crippen molar-refractivity contribution >= 4 is 17.5 Å². The van der Waals surface area contributed by atoms with E-state index in [0.717, 1.165) is 12.1 Å². The zero-order valence-corrected chi connectivity index (χ0v) is 11.6. The molecule has 1 aromatic rings. The number of ether oxygens (including phenoxy) is 1. The van der Waals surface area contributed by atoms with E-state index in [1.807, 2.05) is 0 Å². The summed E-state index contributed by atoms with van der Waals surface area (Å²) >= 11 is 0. The van der Waals surface area contributed by atoms with E-state index in [1.54, 1.807) is 0 Å². The topological polar surface area (TPSA) is 62.7 Å². The lowest BCUT2D eigenvalue weighted by atomic mass is 10.1. The Hall–Kier alpha value is -2.39. The third kappa shape index (κ3) is 4.54. The fourth-order valence-electron chi connectivity index (χ4n) is 1.84. The van der Waals surface area contributed by atoms with Crippen LogP contribution in [0.3, 0.4) is 0 Å². The summed E-state index contributed by atoms with van der Waals surface area (Å²) in [6.45, 7) is -0.651. The molecule has 2 rings (SSSR count). The van der Waals surface area contributed by atoms with Crippen molar-refractivity contribution in [3.63, 3.8) is 0 Å². The number of hydrazone groups is 1. The van der Waals surface area contributed by atoms with Gasteiger partial charge in [-0.3, -0.25) is 4.79 Å². The Morgan fingerprint density at radius 1 is 1.35 bits per heavy atom. The minimum Gasteiger partial charge on any atom is -0.466 e. The van der Waals surface area contributed by atoms with Crippen LogP contribution < -0.4 is 10.7 Å². The van der Waals surface area contributed by atoms with Gasteiger partial charge in [-0.2, -0.15) is 13.2 Å². The van der Waals surface area contributed by atoms with Gasteiger partial charge in [0.25, 0.3) is 5.91 Å². The van der Waals surface area contributed by atoms with Crippen molar-refractivity contribution in [2.45, 2.75) is 19.0 Å². The third-order valence-electron chi connectivity index (χ3n) is 2.87. The van der Waals surface area contributed by atoms with Gasteiger partial charge in [-0.25, -0.2) is 14.2 Å². The average molecular weight is 337 g/mol. The number of hydrogen-bond acceptors (Lipinski definition) is 4. The summed E-state index contributed by atoms with van der Waals surface area (Å²) in [4.78, 5) is 10.9. The lowest BCUT2D eigenvalue weighted by molar-refractivity contribution is -0.137. The van der Waals surface area contributed by atoms with Crippen LogP contribution in [-0.4, -0.2) is 31.4 Å². The number of halogens is 5. The van der Waals surface area contributed by atoms with Gasteiger partial charge in [0, 0.05) is 24.2 Å². The largest absolute Gasteiger partial charge is 0.466 e. The number of nitrogens with zero attached hydrogens (tertiary/aromatic N) is 1. The number of rotatable bonds is 5. The monoisotopic (exact) mass is 337 g/mol. The van der Waals surface area contributed by atoms with E-state index < -0.39 is 30.5 Å². The molecule has 0 spiro atoms. The summed E-state index contributed by atoms with van der Waals surface area (Å²) in [6, 6.07) is 3.17. The molecular weight excluding hydrogens is 325 g/mol. The van der Waals surface area contributed by atoms with E-state index >= 15 is 0 Å². The Labute approximate surface area is 127 Å². The highest BCUT2D eigenvalue weighted by atomic mass is 19.4. The minimum atomic E-state index is -4.69. The van der Waals surface area contributed by atoms with Crippen LogP contribution in [0.2, 0.25) is 0 Å². The summed E-state index contributed by atoms with van der Waals surface area (Å²) < 4.78 is 68.4. The van der Waals surface area contributed by atoms with Crippen molar-refractivity contribution in [3.8, 4) is 0 Å². The predicted molar refractivity (Wildman–Crippen MR) is 71.2 cm³/mol. The number of carbonyl (C=O) groups excluding carboxylic acids is 1. The molecule has 1 aliphatic heterocycles. The van der Waals surface area contributed by atoms with E-state index in [-0.39, 0.29) is 30.3 Å². The highest BCUT2D eigenvalue weighted by molar-refractivity contribution is 5.98. The van der Waals surface area contributed by atoms with Crippen molar-refractivity contribution in [1.29, 1.82) is 0 Å². The lowest BCUT2D eigenvalue weighted by Gasteiger charge is -2.18. The number of benzene rings is 1. The maximum atomic E-state index is 13.1. The number of anilines is 1. The van der Waals surface area contributed by atoms with Gasteiger partial charge in [-0.1, -0.05) is 0 Å². The lowest BCUT2D eigenvalue weighted by Crippen LogP contribution is -2.32. The van der Waals surface area contributed by atoms with Crippen LogP contribution >= 0.6 is 0 Å². The Morgan fingerprint density at radius 2 is 2.09 bits per heavy atom. The van der Waals surface area contributed by atoms with Crippen molar-refractivity contribution in [2.75, 3.05) is 18.5 Å². The Kier molecular flexibility index (Phi) is 5.02. The molecule has 0 saturated heterocycles. The van der Waals surface area contributed by atoms with Crippen LogP contribution in [0.4, 0.5) is 27.6 Å². The molecular formula is C13H12F5N3O2. The molecule has 1 amide bonds. The normalized spacial score (nSPS) is 15.0. The first-order valence-electron chi connectivity index (χ1n) is 6.50. The van der Waals surface area contributed by atoms with E-state index in [1.165, 1.54) is 6.07 Å². The summed E-state index contributed by atoms with van der Waals surface area (Å²) in [6.07, 6.45) is -7.87. The third-order valence-corrected chi connectivity index (χ3v) is 2.87. The maximum absolute atomic E-state index is 13.1. The van der Waals surface area contributed by atoms with E-state index in [2.05, 4.69) is 15.8 Å². The molecule has 126 valence electrons. The molecule has 0 aromatic heterocycles. The first-order chi connectivity index (χ1) is 10.8. The molecule has 5 nitrogen and oxygen atoms in total. The molecule has 1 heterocycles. The van der Waals surface area contributed by atoms with Crippen LogP contribution in [-0.2, 0) is 15.7 Å². The number of carbonyl (C=O) groups is 1. The van der Waals surface area contributed by atoms with Crippen LogP contribution in [0.1, 0.15) is 17.5 Å². The zero-order chi connectivity index (χ0) is 17.0. The molecule has 0 atom stereocenters. The molecule has 10 heteroatoms. The van der Waals surface area contributed by atoms with E-state index in [9.17, 15) is 26.7 Å². The van der Waals surface area contributed by atoms with Gasteiger partial charge in [0.1, 0.15) is 0 Å². The van der Waals surface area contributed by atoms with Crippen LogP contribution in [0.15, 0.2) is 23.3 Å². The fraction of sp³-hybridized carbons (Fsp3) is 0.385. The van der Waals surface area contributed by atoms with Gasteiger partial charge in [0.15, 0.2) is 6.61 Å². The first kappa shape index (κ1) is 17.0. The van der Waals surface area contributed by atoms with Gasteiger partial charge < -0.3 is 10.1 Å². The second-order valence-corrected chi connectivity index (χ2v) is 4.61. The smallest absolute Gasteiger partial charge is 0.418 e. The molecule has 1 aliphatic rings. The molecule has 23 heavy (non-hydrogen) atoms. The maximum Gasteiger partial charge on any atom is 0.418 e. The predicted octanol–water partition coefficient (Wildman–Crippen LogP) is 2.58. The molecule has 0 radical (unpaired) electrons. The molecule has 0 aliphatic carbocycles. The molecule has 2 N–H and O–H groups in total. The van der Waals surface area contributed by atoms with Crippen molar-refractivity contribution in [2.24, 2.45) is 5.10 Å². The van der Waals surface area contributed by atoms with Crippen LogP contribution in [0, 0.1) is 0 Å². The van der Waals surface area contributed by atoms with Gasteiger partial charge in [0.05, 0.1) is 5.56 Å². The molecule has 0 unspecified atom stereocenters. The summed E-state index contributed by atoms with van der Waals surface area (Å²) in [5.74, 6) is -0.677. The average Bonchev–Trinajstić information content (AvgIpc) is 2.47. The van der Waals surface area contributed by atoms with Gasteiger partial charge >= 0.3 is 6.18 Å². The fourth-order valence-corrected chi connectivity index (χ4v) is 1.84. The minimum absolute atomic E-state index is 0.0109. The molecule has 1 aromatic carbocycles. The second-order valence-electron chi connectivity index (χ2n) is 4.61. The van der Waals surface area contributed by atoms with E-state index in [0.29, 0.717) is 0 Å². The van der Waals surface area contributed by atoms with Crippen LogP contribution in [0.25, 0.3) is 0 Å². The zero-order valence-electron chi connectivity index (χ0n) is 11.6. The molecule has 0 saturated carbocycles.